The third kappa shape index (κ3) is 3.50. The quantitative estimate of drug-likeness (QED) is 0.836. The number of carboxylic acids is 1. The molecule has 0 unspecified atom stereocenters. The van der Waals surface area contributed by atoms with Crippen LogP contribution in [0.15, 0.2) is 6.20 Å². The molecule has 1 rings (SSSR count). The summed E-state index contributed by atoms with van der Waals surface area (Å²) >= 11 is 0. The number of rotatable bonds is 3. The zero-order valence-electron chi connectivity index (χ0n) is 9.34. The summed E-state index contributed by atoms with van der Waals surface area (Å²) in [7, 11) is 0. The molecular weight excluding hydrogens is 298 g/mol. The van der Waals surface area contributed by atoms with E-state index in [9.17, 15) is 31.1 Å². The van der Waals surface area contributed by atoms with Crippen LogP contribution in [0.4, 0.5) is 26.3 Å². The number of aromatic carboxylic acids is 1. The Morgan fingerprint density at radius 1 is 1.30 bits per heavy atom. The maximum absolute atomic E-state index is 12.6. The third-order valence-corrected chi connectivity index (χ3v) is 2.03. The van der Waals surface area contributed by atoms with Crippen LogP contribution >= 0.6 is 0 Å². The van der Waals surface area contributed by atoms with Crippen molar-refractivity contribution in [3.8, 4) is 5.75 Å². The van der Waals surface area contributed by atoms with Crippen LogP contribution < -0.4 is 10.5 Å². The summed E-state index contributed by atoms with van der Waals surface area (Å²) in [5, 5.41) is 8.70. The fourth-order valence-electron chi connectivity index (χ4n) is 1.32. The molecule has 5 nitrogen and oxygen atoms in total. The third-order valence-electron chi connectivity index (χ3n) is 2.03. The van der Waals surface area contributed by atoms with Crippen LogP contribution in [0.1, 0.15) is 21.6 Å². The summed E-state index contributed by atoms with van der Waals surface area (Å²) in [5.74, 6) is -3.78. The van der Waals surface area contributed by atoms with Gasteiger partial charge in [0.1, 0.15) is 5.56 Å². The van der Waals surface area contributed by atoms with Gasteiger partial charge in [-0.15, -0.1) is 13.2 Å². The number of carbonyl (C=O) groups is 1. The zero-order valence-corrected chi connectivity index (χ0v) is 9.34. The van der Waals surface area contributed by atoms with Gasteiger partial charge in [-0.25, -0.2) is 4.79 Å². The van der Waals surface area contributed by atoms with Crippen LogP contribution in [0, 0.1) is 0 Å². The summed E-state index contributed by atoms with van der Waals surface area (Å²) in [4.78, 5) is 13.6. The van der Waals surface area contributed by atoms with Crippen LogP contribution in [0.2, 0.25) is 0 Å². The van der Waals surface area contributed by atoms with E-state index in [0.29, 0.717) is 6.20 Å². The average Bonchev–Trinajstić information content (AvgIpc) is 2.24. The number of pyridine rings is 1. The van der Waals surface area contributed by atoms with Crippen molar-refractivity contribution in [3.05, 3.63) is 23.0 Å². The predicted octanol–water partition coefficient (Wildman–Crippen LogP) is 2.16. The molecule has 112 valence electrons. The Bertz CT molecular complexity index is 526. The second kappa shape index (κ2) is 5.15. The Morgan fingerprint density at radius 3 is 2.20 bits per heavy atom. The molecule has 0 amide bonds. The fourth-order valence-corrected chi connectivity index (χ4v) is 1.32. The Kier molecular flexibility index (Phi) is 4.12. The molecule has 0 aliphatic carbocycles. The van der Waals surface area contributed by atoms with E-state index in [1.807, 2.05) is 0 Å². The predicted molar refractivity (Wildman–Crippen MR) is 50.8 cm³/mol. The van der Waals surface area contributed by atoms with E-state index >= 15 is 0 Å². The van der Waals surface area contributed by atoms with Gasteiger partial charge in [0, 0.05) is 18.3 Å². The molecule has 0 aliphatic heterocycles. The van der Waals surface area contributed by atoms with Crippen molar-refractivity contribution in [1.82, 2.24) is 4.98 Å². The molecule has 0 aliphatic rings. The lowest BCUT2D eigenvalue weighted by molar-refractivity contribution is -0.275. The van der Waals surface area contributed by atoms with E-state index in [1.165, 1.54) is 0 Å². The monoisotopic (exact) mass is 304 g/mol. The first-order valence-corrected chi connectivity index (χ1v) is 4.75. The summed E-state index contributed by atoms with van der Waals surface area (Å²) in [6.45, 7) is -0.684. The highest BCUT2D eigenvalue weighted by atomic mass is 19.4. The van der Waals surface area contributed by atoms with Crippen LogP contribution in [0.3, 0.4) is 0 Å². The van der Waals surface area contributed by atoms with Gasteiger partial charge in [0.05, 0.1) is 0 Å². The summed E-state index contributed by atoms with van der Waals surface area (Å²) in [6, 6.07) is 0. The van der Waals surface area contributed by atoms with Gasteiger partial charge in [0.15, 0.2) is 11.4 Å². The lowest BCUT2D eigenvalue weighted by atomic mass is 10.1. The minimum atomic E-state index is -5.38. The lowest BCUT2D eigenvalue weighted by Crippen LogP contribution is -2.24. The largest absolute Gasteiger partial charge is 0.573 e. The second-order valence-corrected chi connectivity index (χ2v) is 3.39. The number of hydrogen-bond acceptors (Lipinski definition) is 4. The molecule has 1 aromatic rings. The molecule has 0 radical (unpaired) electrons. The molecule has 11 heteroatoms. The molecule has 0 saturated carbocycles. The van der Waals surface area contributed by atoms with Crippen molar-refractivity contribution < 1.29 is 41.0 Å². The highest BCUT2D eigenvalue weighted by Gasteiger charge is 2.42. The van der Waals surface area contributed by atoms with E-state index in [-0.39, 0.29) is 0 Å². The van der Waals surface area contributed by atoms with Gasteiger partial charge < -0.3 is 15.6 Å². The maximum Gasteiger partial charge on any atom is 0.573 e. The number of carboxylic acid groups (broad SMARTS) is 1. The van der Waals surface area contributed by atoms with Crippen LogP contribution in [0.5, 0.6) is 5.75 Å². The first-order chi connectivity index (χ1) is 8.97. The van der Waals surface area contributed by atoms with Gasteiger partial charge >= 0.3 is 18.5 Å². The molecule has 0 saturated heterocycles. The molecule has 1 heterocycles. The first-order valence-electron chi connectivity index (χ1n) is 4.75. The van der Waals surface area contributed by atoms with Crippen molar-refractivity contribution in [2.75, 3.05) is 0 Å². The number of nitrogens with zero attached hydrogens (tertiary/aromatic N) is 1. The highest BCUT2D eigenvalue weighted by Crippen LogP contribution is 2.38. The number of ether oxygens (including phenoxy) is 1. The average molecular weight is 304 g/mol. The van der Waals surface area contributed by atoms with Crippen molar-refractivity contribution in [2.45, 2.75) is 19.1 Å². The molecule has 20 heavy (non-hydrogen) atoms. The Labute approximate surface area is 107 Å². The van der Waals surface area contributed by atoms with Gasteiger partial charge in [-0.3, -0.25) is 4.98 Å². The van der Waals surface area contributed by atoms with Gasteiger partial charge in [-0.05, 0) is 0 Å². The van der Waals surface area contributed by atoms with Gasteiger partial charge in [-0.1, -0.05) is 0 Å². The van der Waals surface area contributed by atoms with Crippen molar-refractivity contribution >= 4 is 5.97 Å². The van der Waals surface area contributed by atoms with E-state index in [4.69, 9.17) is 10.8 Å². The number of alkyl halides is 6. The molecule has 0 bridgehead atoms. The van der Waals surface area contributed by atoms with Crippen LogP contribution in [-0.2, 0) is 12.7 Å². The van der Waals surface area contributed by atoms with Crippen molar-refractivity contribution in [2.24, 2.45) is 5.73 Å². The molecule has 0 atom stereocenters. The number of nitrogens with two attached hydrogens (primary N) is 1. The molecular formula is C9H6F6N2O3. The van der Waals surface area contributed by atoms with E-state index in [1.54, 1.807) is 0 Å². The van der Waals surface area contributed by atoms with Crippen LogP contribution in [0.25, 0.3) is 0 Å². The van der Waals surface area contributed by atoms with Gasteiger partial charge in [0.2, 0.25) is 0 Å². The minimum Gasteiger partial charge on any atom is -0.477 e. The zero-order chi connectivity index (χ0) is 15.7. The summed E-state index contributed by atoms with van der Waals surface area (Å²) < 4.78 is 77.6. The molecule has 3 N–H and O–H groups in total. The smallest absolute Gasteiger partial charge is 0.477 e. The van der Waals surface area contributed by atoms with Crippen molar-refractivity contribution in [1.29, 1.82) is 0 Å². The Hall–Kier alpha value is -2.04. The Morgan fingerprint density at radius 2 is 1.85 bits per heavy atom. The normalized spacial score (nSPS) is 12.3. The highest BCUT2D eigenvalue weighted by molar-refractivity contribution is 5.93. The Balaban J connectivity index is 3.62. The number of halogens is 6. The molecule has 0 aromatic carbocycles. The molecule has 1 aromatic heterocycles. The number of hydrogen-bond donors (Lipinski definition) is 2. The van der Waals surface area contributed by atoms with E-state index in [2.05, 4.69) is 9.72 Å². The van der Waals surface area contributed by atoms with E-state index < -0.39 is 47.6 Å². The summed E-state index contributed by atoms with van der Waals surface area (Å²) in [6.07, 6.45) is -10.3. The minimum absolute atomic E-state index is 0.385. The first kappa shape index (κ1) is 16.0. The van der Waals surface area contributed by atoms with Gasteiger partial charge in [0.25, 0.3) is 0 Å². The maximum atomic E-state index is 12.6. The molecule has 0 spiro atoms. The number of aromatic nitrogens is 1. The lowest BCUT2D eigenvalue weighted by Gasteiger charge is -2.17. The SMILES string of the molecule is NCc1cnc(C(F)(F)F)c(C(=O)O)c1OC(F)(F)F. The topological polar surface area (TPSA) is 85.4 Å². The summed E-state index contributed by atoms with van der Waals surface area (Å²) in [5.41, 5.74) is 0.681. The standard InChI is InChI=1S/C9H6F6N2O3/c10-8(11,12)6-4(7(18)19)5(20-9(13,14)15)3(1-16)2-17-6/h2H,1,16H2,(H,18,19). The van der Waals surface area contributed by atoms with Crippen LogP contribution in [-0.4, -0.2) is 22.4 Å². The molecule has 0 fully saturated rings. The second-order valence-electron chi connectivity index (χ2n) is 3.39. The van der Waals surface area contributed by atoms with Gasteiger partial charge in [-0.2, -0.15) is 13.2 Å². The van der Waals surface area contributed by atoms with E-state index in [0.717, 1.165) is 0 Å². The fraction of sp³-hybridized carbons (Fsp3) is 0.333. The van der Waals surface area contributed by atoms with Crippen molar-refractivity contribution in [3.63, 3.8) is 0 Å².